The summed E-state index contributed by atoms with van der Waals surface area (Å²) in [4.78, 5) is 19.3. The molecule has 0 aliphatic carbocycles. The van der Waals surface area contributed by atoms with Crippen LogP contribution in [0.2, 0.25) is 0 Å². The molecule has 120 valence electrons. The van der Waals surface area contributed by atoms with Gasteiger partial charge in [-0.15, -0.1) is 0 Å². The lowest BCUT2D eigenvalue weighted by molar-refractivity contribution is 0.0995. The van der Waals surface area contributed by atoms with Gasteiger partial charge in [-0.1, -0.05) is 54.6 Å². The molecular formula is C19H18N4O. The lowest BCUT2D eigenvalue weighted by Crippen LogP contribution is -2.15. The topological polar surface area (TPSA) is 80.9 Å². The van der Waals surface area contributed by atoms with E-state index >= 15 is 0 Å². The van der Waals surface area contributed by atoms with Crippen molar-refractivity contribution >= 4 is 11.7 Å². The molecule has 0 radical (unpaired) electrons. The minimum absolute atomic E-state index is 0.0206. The standard InChI is InChI=1S/C19H18N4O/c1-13(22-18-12-21-11-17(23-18)19(20)24)14-7-9-16(10-8-14)15-5-3-2-4-6-15/h2-13H,1H3,(H2,20,24)(H,22,23). The molecule has 0 fully saturated rings. The first-order valence-corrected chi connectivity index (χ1v) is 7.67. The average Bonchev–Trinajstić information content (AvgIpc) is 2.63. The number of hydrogen-bond acceptors (Lipinski definition) is 4. The normalized spacial score (nSPS) is 11.7. The molecule has 3 aromatic rings. The molecule has 0 bridgehead atoms. The van der Waals surface area contributed by atoms with Gasteiger partial charge in [-0.3, -0.25) is 9.78 Å². The number of aromatic nitrogens is 2. The summed E-state index contributed by atoms with van der Waals surface area (Å²) >= 11 is 0. The molecule has 3 N–H and O–H groups in total. The van der Waals surface area contributed by atoms with E-state index in [1.807, 2.05) is 25.1 Å². The summed E-state index contributed by atoms with van der Waals surface area (Å²) in [7, 11) is 0. The SMILES string of the molecule is CC(Nc1cncc(C(N)=O)n1)c1ccc(-c2ccccc2)cc1. The number of benzene rings is 2. The molecule has 0 saturated carbocycles. The summed E-state index contributed by atoms with van der Waals surface area (Å²) < 4.78 is 0. The van der Waals surface area contributed by atoms with Crippen molar-refractivity contribution in [3.63, 3.8) is 0 Å². The van der Waals surface area contributed by atoms with Crippen LogP contribution in [0.25, 0.3) is 11.1 Å². The maximum atomic E-state index is 11.2. The number of amides is 1. The van der Waals surface area contributed by atoms with Crippen molar-refractivity contribution in [2.75, 3.05) is 5.32 Å². The van der Waals surface area contributed by atoms with Crippen molar-refractivity contribution < 1.29 is 4.79 Å². The van der Waals surface area contributed by atoms with Crippen LogP contribution in [0.4, 0.5) is 5.82 Å². The molecule has 1 amide bonds. The fourth-order valence-corrected chi connectivity index (χ4v) is 2.45. The van der Waals surface area contributed by atoms with Gasteiger partial charge in [0, 0.05) is 6.04 Å². The van der Waals surface area contributed by atoms with Crippen LogP contribution in [0.15, 0.2) is 67.0 Å². The number of carbonyl (C=O) groups excluding carboxylic acids is 1. The third-order valence-corrected chi connectivity index (χ3v) is 3.77. The van der Waals surface area contributed by atoms with Crippen molar-refractivity contribution in [2.45, 2.75) is 13.0 Å². The summed E-state index contributed by atoms with van der Waals surface area (Å²) in [5.41, 5.74) is 8.84. The smallest absolute Gasteiger partial charge is 0.268 e. The van der Waals surface area contributed by atoms with E-state index in [0.29, 0.717) is 5.82 Å². The summed E-state index contributed by atoms with van der Waals surface area (Å²) in [5, 5.41) is 3.23. The first-order valence-electron chi connectivity index (χ1n) is 7.67. The molecule has 0 aliphatic rings. The van der Waals surface area contributed by atoms with Crippen molar-refractivity contribution in [3.05, 3.63) is 78.2 Å². The first kappa shape index (κ1) is 15.7. The fraction of sp³-hybridized carbons (Fsp3) is 0.105. The number of hydrogen-bond donors (Lipinski definition) is 2. The Hall–Kier alpha value is -3.21. The zero-order valence-electron chi connectivity index (χ0n) is 13.3. The lowest BCUT2D eigenvalue weighted by atomic mass is 10.0. The van der Waals surface area contributed by atoms with Crippen molar-refractivity contribution in [1.29, 1.82) is 0 Å². The molecule has 1 aromatic heterocycles. The largest absolute Gasteiger partial charge is 0.364 e. The van der Waals surface area contributed by atoms with Crippen LogP contribution in [0, 0.1) is 0 Å². The average molecular weight is 318 g/mol. The van der Waals surface area contributed by atoms with Crippen LogP contribution in [-0.4, -0.2) is 15.9 Å². The van der Waals surface area contributed by atoms with Gasteiger partial charge in [0.1, 0.15) is 11.5 Å². The molecule has 1 unspecified atom stereocenters. The number of rotatable bonds is 5. The van der Waals surface area contributed by atoms with Crippen molar-refractivity contribution in [1.82, 2.24) is 9.97 Å². The second kappa shape index (κ2) is 6.91. The summed E-state index contributed by atoms with van der Waals surface area (Å²) in [5.74, 6) is -0.0723. The van der Waals surface area contributed by atoms with E-state index in [2.05, 4.69) is 51.7 Å². The van der Waals surface area contributed by atoms with Gasteiger partial charge in [0.05, 0.1) is 12.4 Å². The predicted octanol–water partition coefficient (Wildman–Crippen LogP) is 3.42. The van der Waals surface area contributed by atoms with Crippen LogP contribution in [0.3, 0.4) is 0 Å². The predicted molar refractivity (Wildman–Crippen MR) is 94.5 cm³/mol. The molecule has 0 spiro atoms. The van der Waals surface area contributed by atoms with Crippen LogP contribution < -0.4 is 11.1 Å². The molecule has 24 heavy (non-hydrogen) atoms. The molecule has 1 heterocycles. The third kappa shape index (κ3) is 3.57. The van der Waals surface area contributed by atoms with Crippen LogP contribution in [-0.2, 0) is 0 Å². The van der Waals surface area contributed by atoms with Gasteiger partial charge in [0.2, 0.25) is 0 Å². The fourth-order valence-electron chi connectivity index (χ4n) is 2.45. The highest BCUT2D eigenvalue weighted by Gasteiger charge is 2.09. The molecule has 5 heteroatoms. The Bertz CT molecular complexity index is 832. The zero-order chi connectivity index (χ0) is 16.9. The lowest BCUT2D eigenvalue weighted by Gasteiger charge is -2.15. The second-order valence-corrected chi connectivity index (χ2v) is 5.51. The molecule has 1 atom stereocenters. The maximum absolute atomic E-state index is 11.2. The number of primary amides is 1. The van der Waals surface area contributed by atoms with E-state index in [4.69, 9.17) is 5.73 Å². The summed E-state index contributed by atoms with van der Waals surface area (Å²) in [6.45, 7) is 2.02. The third-order valence-electron chi connectivity index (χ3n) is 3.77. The second-order valence-electron chi connectivity index (χ2n) is 5.51. The van der Waals surface area contributed by atoms with Gasteiger partial charge in [-0.25, -0.2) is 4.98 Å². The highest BCUT2D eigenvalue weighted by molar-refractivity contribution is 5.90. The minimum atomic E-state index is -0.592. The van der Waals surface area contributed by atoms with Gasteiger partial charge in [0.25, 0.3) is 5.91 Å². The highest BCUT2D eigenvalue weighted by Crippen LogP contribution is 2.23. The first-order chi connectivity index (χ1) is 11.6. The molecule has 0 saturated heterocycles. The number of nitrogens with zero attached hydrogens (tertiary/aromatic N) is 2. The Balaban J connectivity index is 1.75. The minimum Gasteiger partial charge on any atom is -0.364 e. The maximum Gasteiger partial charge on any atom is 0.268 e. The molecule has 2 aromatic carbocycles. The van der Waals surface area contributed by atoms with E-state index in [1.54, 1.807) is 6.20 Å². The zero-order valence-corrected chi connectivity index (χ0v) is 13.3. The summed E-state index contributed by atoms with van der Waals surface area (Å²) in [6, 6.07) is 18.6. The Labute approximate surface area is 140 Å². The number of carbonyl (C=O) groups is 1. The van der Waals surface area contributed by atoms with E-state index in [1.165, 1.54) is 17.3 Å². The Morgan fingerprint density at radius 2 is 1.67 bits per heavy atom. The van der Waals surface area contributed by atoms with E-state index < -0.39 is 5.91 Å². The molecule has 3 rings (SSSR count). The summed E-state index contributed by atoms with van der Waals surface area (Å²) in [6.07, 6.45) is 2.92. The monoisotopic (exact) mass is 318 g/mol. The van der Waals surface area contributed by atoms with Crippen molar-refractivity contribution in [3.8, 4) is 11.1 Å². The van der Waals surface area contributed by atoms with E-state index in [-0.39, 0.29) is 11.7 Å². The quantitative estimate of drug-likeness (QED) is 0.755. The van der Waals surface area contributed by atoms with Crippen LogP contribution in [0.5, 0.6) is 0 Å². The van der Waals surface area contributed by atoms with Gasteiger partial charge in [-0.2, -0.15) is 0 Å². The van der Waals surface area contributed by atoms with E-state index in [9.17, 15) is 4.79 Å². The van der Waals surface area contributed by atoms with Gasteiger partial charge in [-0.05, 0) is 23.6 Å². The van der Waals surface area contributed by atoms with Gasteiger partial charge >= 0.3 is 0 Å². The van der Waals surface area contributed by atoms with Crippen LogP contribution >= 0.6 is 0 Å². The molecular weight excluding hydrogens is 300 g/mol. The molecule has 5 nitrogen and oxygen atoms in total. The van der Waals surface area contributed by atoms with Crippen molar-refractivity contribution in [2.24, 2.45) is 5.73 Å². The van der Waals surface area contributed by atoms with E-state index in [0.717, 1.165) is 5.56 Å². The number of anilines is 1. The highest BCUT2D eigenvalue weighted by atomic mass is 16.1. The Morgan fingerprint density at radius 3 is 2.33 bits per heavy atom. The van der Waals surface area contributed by atoms with Crippen LogP contribution in [0.1, 0.15) is 29.0 Å². The molecule has 0 aliphatic heterocycles. The van der Waals surface area contributed by atoms with Gasteiger partial charge < -0.3 is 11.1 Å². The number of nitrogens with one attached hydrogen (secondary N) is 1. The Kier molecular flexibility index (Phi) is 4.52. The number of nitrogens with two attached hydrogens (primary N) is 1. The van der Waals surface area contributed by atoms with Gasteiger partial charge in [0.15, 0.2) is 0 Å². The Morgan fingerprint density at radius 1 is 1.00 bits per heavy atom.